The van der Waals surface area contributed by atoms with Gasteiger partial charge in [-0.3, -0.25) is 0 Å². The molecule has 0 radical (unpaired) electrons. The molecule has 0 unspecified atom stereocenters. The molecule has 0 saturated heterocycles. The van der Waals surface area contributed by atoms with Crippen molar-refractivity contribution in [3.63, 3.8) is 0 Å². The summed E-state index contributed by atoms with van der Waals surface area (Å²) in [4.78, 5) is 4.42. The Morgan fingerprint density at radius 2 is 2.25 bits per heavy atom. The summed E-state index contributed by atoms with van der Waals surface area (Å²) in [6, 6.07) is 5.45. The second kappa shape index (κ2) is 4.57. The van der Waals surface area contributed by atoms with Crippen LogP contribution in [-0.2, 0) is 11.3 Å². The van der Waals surface area contributed by atoms with Gasteiger partial charge in [0.15, 0.2) is 0 Å². The van der Waals surface area contributed by atoms with Crippen LogP contribution in [-0.4, -0.2) is 12.1 Å². The number of pyridine rings is 1. The van der Waals surface area contributed by atoms with E-state index in [9.17, 15) is 0 Å². The second-order valence-corrected chi connectivity index (χ2v) is 4.65. The van der Waals surface area contributed by atoms with E-state index in [2.05, 4.69) is 20.9 Å². The highest BCUT2D eigenvalue weighted by atomic mass is 79.9. The van der Waals surface area contributed by atoms with Gasteiger partial charge in [0.25, 0.3) is 0 Å². The number of anilines is 1. The highest BCUT2D eigenvalue weighted by Gasteiger charge is 2.09. The highest BCUT2D eigenvalue weighted by molar-refractivity contribution is 9.10. The van der Waals surface area contributed by atoms with Crippen LogP contribution >= 0.6 is 27.5 Å². The number of hydrogen-bond acceptors (Lipinski definition) is 3. The van der Waals surface area contributed by atoms with Crippen molar-refractivity contribution < 1.29 is 4.74 Å². The van der Waals surface area contributed by atoms with Crippen molar-refractivity contribution in [3.05, 3.63) is 33.4 Å². The van der Waals surface area contributed by atoms with Crippen molar-refractivity contribution in [1.82, 2.24) is 4.98 Å². The third kappa shape index (κ3) is 2.00. The maximum Gasteiger partial charge on any atom is 0.0924 e. The fourth-order valence-corrected chi connectivity index (χ4v) is 2.32. The van der Waals surface area contributed by atoms with Gasteiger partial charge in [-0.2, -0.15) is 0 Å². The fraction of sp³-hybridized carbons (Fsp3) is 0.182. The lowest BCUT2D eigenvalue weighted by Gasteiger charge is -2.08. The van der Waals surface area contributed by atoms with Crippen molar-refractivity contribution >= 4 is 44.1 Å². The van der Waals surface area contributed by atoms with Crippen LogP contribution in [0.15, 0.2) is 22.7 Å². The van der Waals surface area contributed by atoms with E-state index in [0.717, 1.165) is 15.6 Å². The molecule has 0 atom stereocenters. The molecule has 16 heavy (non-hydrogen) atoms. The molecular weight excluding hydrogens is 291 g/mol. The fourth-order valence-electron chi connectivity index (χ4n) is 1.57. The molecule has 0 bridgehead atoms. The number of fused-ring (bicyclic) bond motifs is 1. The predicted octanol–water partition coefficient (Wildman–Crippen LogP) is 3.38. The van der Waals surface area contributed by atoms with Gasteiger partial charge in [0, 0.05) is 22.7 Å². The van der Waals surface area contributed by atoms with Gasteiger partial charge in [0.05, 0.1) is 22.8 Å². The number of nitrogens with two attached hydrogens (primary N) is 1. The summed E-state index contributed by atoms with van der Waals surface area (Å²) < 4.78 is 5.92. The molecule has 2 aromatic rings. The lowest BCUT2D eigenvalue weighted by molar-refractivity contribution is 0.182. The molecule has 0 fully saturated rings. The zero-order valence-electron chi connectivity index (χ0n) is 8.63. The minimum atomic E-state index is 0.420. The summed E-state index contributed by atoms with van der Waals surface area (Å²) in [5.41, 5.74) is 8.09. The van der Waals surface area contributed by atoms with Gasteiger partial charge in [0.1, 0.15) is 0 Å². The summed E-state index contributed by atoms with van der Waals surface area (Å²) in [6.45, 7) is 0.420. The molecule has 2 N–H and O–H groups in total. The molecule has 5 heteroatoms. The summed E-state index contributed by atoms with van der Waals surface area (Å²) >= 11 is 9.53. The van der Waals surface area contributed by atoms with Gasteiger partial charge < -0.3 is 10.5 Å². The topological polar surface area (TPSA) is 48.1 Å². The van der Waals surface area contributed by atoms with Crippen LogP contribution in [0, 0.1) is 0 Å². The summed E-state index contributed by atoms with van der Waals surface area (Å²) in [5.74, 6) is 0. The molecule has 2 rings (SSSR count). The van der Waals surface area contributed by atoms with Crippen molar-refractivity contribution in [2.24, 2.45) is 0 Å². The Hall–Kier alpha value is -0.840. The maximum atomic E-state index is 6.09. The van der Waals surface area contributed by atoms with Crippen LogP contribution in [0.25, 0.3) is 10.9 Å². The van der Waals surface area contributed by atoms with Gasteiger partial charge in [-0.1, -0.05) is 27.5 Å². The van der Waals surface area contributed by atoms with Crippen LogP contribution < -0.4 is 5.73 Å². The SMILES string of the molecule is COCc1cc(N)c2c(Br)ccc(Cl)c2n1. The molecule has 1 heterocycles. The number of rotatable bonds is 2. The van der Waals surface area contributed by atoms with E-state index in [1.165, 1.54) is 0 Å². The summed E-state index contributed by atoms with van der Waals surface area (Å²) in [6.07, 6.45) is 0. The lowest BCUT2D eigenvalue weighted by atomic mass is 10.1. The number of ether oxygens (including phenoxy) is 1. The van der Waals surface area contributed by atoms with Gasteiger partial charge >= 0.3 is 0 Å². The third-order valence-corrected chi connectivity index (χ3v) is 3.20. The molecule has 84 valence electrons. The quantitative estimate of drug-likeness (QED) is 0.925. The number of methoxy groups -OCH3 is 1. The zero-order chi connectivity index (χ0) is 11.7. The van der Waals surface area contributed by atoms with E-state index < -0.39 is 0 Å². The van der Waals surface area contributed by atoms with Gasteiger partial charge in [0.2, 0.25) is 0 Å². The van der Waals surface area contributed by atoms with Crippen LogP contribution in [0.3, 0.4) is 0 Å². The summed E-state index contributed by atoms with van der Waals surface area (Å²) in [5, 5.41) is 1.43. The average molecular weight is 302 g/mol. The van der Waals surface area contributed by atoms with Crippen molar-refractivity contribution in [2.75, 3.05) is 12.8 Å². The Morgan fingerprint density at radius 3 is 2.94 bits per heavy atom. The Labute approximate surface area is 107 Å². The first-order chi connectivity index (χ1) is 7.63. The van der Waals surface area contributed by atoms with E-state index >= 15 is 0 Å². The lowest BCUT2D eigenvalue weighted by Crippen LogP contribution is -1.98. The average Bonchev–Trinajstić information content (AvgIpc) is 2.23. The first-order valence-corrected chi connectivity index (χ1v) is 5.82. The Bertz CT molecular complexity index is 545. The second-order valence-electron chi connectivity index (χ2n) is 3.39. The number of nitrogens with zero attached hydrogens (tertiary/aromatic N) is 1. The van der Waals surface area contributed by atoms with Crippen LogP contribution in [0.5, 0.6) is 0 Å². The molecule has 0 aliphatic carbocycles. The molecule has 0 saturated carbocycles. The molecule has 0 amide bonds. The molecule has 1 aromatic carbocycles. The number of nitrogen functional groups attached to an aromatic ring is 1. The van der Waals surface area contributed by atoms with Crippen molar-refractivity contribution in [2.45, 2.75) is 6.61 Å². The molecule has 0 spiro atoms. The first-order valence-electron chi connectivity index (χ1n) is 4.65. The van der Waals surface area contributed by atoms with Crippen molar-refractivity contribution in [1.29, 1.82) is 0 Å². The van der Waals surface area contributed by atoms with Crippen molar-refractivity contribution in [3.8, 4) is 0 Å². The molecule has 1 aromatic heterocycles. The largest absolute Gasteiger partial charge is 0.398 e. The van der Waals surface area contributed by atoms with Gasteiger partial charge in [-0.15, -0.1) is 0 Å². The molecule has 3 nitrogen and oxygen atoms in total. The van der Waals surface area contributed by atoms with E-state index in [-0.39, 0.29) is 0 Å². The first kappa shape index (κ1) is 11.6. The van der Waals surface area contributed by atoms with Crippen LogP contribution in [0.4, 0.5) is 5.69 Å². The number of hydrogen-bond donors (Lipinski definition) is 1. The highest BCUT2D eigenvalue weighted by Crippen LogP contribution is 2.33. The summed E-state index contributed by atoms with van der Waals surface area (Å²) in [7, 11) is 1.62. The standard InChI is InChI=1S/C11H10BrClN2O/c1-16-5-6-4-9(14)10-7(12)2-3-8(13)11(10)15-6/h2-4H,5H2,1H3,(H2,14,15). The molecular formula is C11H10BrClN2O. The van der Waals surface area contributed by atoms with Crippen LogP contribution in [0.1, 0.15) is 5.69 Å². The smallest absolute Gasteiger partial charge is 0.0924 e. The van der Waals surface area contributed by atoms with E-state index in [0.29, 0.717) is 22.8 Å². The molecule has 0 aliphatic heterocycles. The van der Waals surface area contributed by atoms with E-state index in [4.69, 9.17) is 22.1 Å². The molecule has 0 aliphatic rings. The van der Waals surface area contributed by atoms with Gasteiger partial charge in [-0.05, 0) is 18.2 Å². The van der Waals surface area contributed by atoms with E-state index in [1.807, 2.05) is 6.07 Å². The Morgan fingerprint density at radius 1 is 1.50 bits per heavy atom. The monoisotopic (exact) mass is 300 g/mol. The number of benzene rings is 1. The maximum absolute atomic E-state index is 6.09. The minimum absolute atomic E-state index is 0.420. The van der Waals surface area contributed by atoms with E-state index in [1.54, 1.807) is 19.2 Å². The number of halogens is 2. The third-order valence-electron chi connectivity index (χ3n) is 2.24. The normalized spacial score (nSPS) is 10.9. The minimum Gasteiger partial charge on any atom is -0.398 e. The zero-order valence-corrected chi connectivity index (χ0v) is 11.0. The van der Waals surface area contributed by atoms with Crippen LogP contribution in [0.2, 0.25) is 5.02 Å². The van der Waals surface area contributed by atoms with Gasteiger partial charge in [-0.25, -0.2) is 4.98 Å². The number of aromatic nitrogens is 1. The Balaban J connectivity index is 2.76. The Kier molecular flexibility index (Phi) is 3.33. The predicted molar refractivity (Wildman–Crippen MR) is 69.6 cm³/mol.